The molecule has 0 aliphatic carbocycles. The number of morpholine rings is 1. The summed E-state index contributed by atoms with van der Waals surface area (Å²) in [5.41, 5.74) is 8.02. The lowest BCUT2D eigenvalue weighted by molar-refractivity contribution is -0.157. The molecule has 1 fully saturated rings. The standard InChI is InChI=1S/C22H24F3N3O2/c23-22(24,25)19(20-18-6-5-16(21(26)29)11-17(18)12-27-20)15-3-1-14(2-4-15)13-28-7-9-30-10-8-28/h1-6,11,19-20,27H,7-10,12-13H2,(H2,26,29)/t19-,20?/m1/s1. The van der Waals surface area contributed by atoms with Crippen LogP contribution in [0.4, 0.5) is 13.2 Å². The van der Waals surface area contributed by atoms with Crippen molar-refractivity contribution in [2.45, 2.75) is 31.2 Å². The number of rotatable bonds is 5. The highest BCUT2D eigenvalue weighted by Gasteiger charge is 2.48. The molecule has 0 radical (unpaired) electrons. The number of nitrogens with two attached hydrogens (primary N) is 1. The number of carbonyl (C=O) groups is 1. The number of primary amides is 1. The largest absolute Gasteiger partial charge is 0.397 e. The molecule has 0 bridgehead atoms. The fourth-order valence-corrected chi connectivity index (χ4v) is 4.26. The van der Waals surface area contributed by atoms with E-state index in [0.29, 0.717) is 36.4 Å². The van der Waals surface area contributed by atoms with Gasteiger partial charge in [-0.3, -0.25) is 9.69 Å². The summed E-state index contributed by atoms with van der Waals surface area (Å²) in [5, 5.41) is 2.98. The summed E-state index contributed by atoms with van der Waals surface area (Å²) in [6, 6.07) is 10.4. The molecule has 2 atom stereocenters. The van der Waals surface area contributed by atoms with Gasteiger partial charge in [0.1, 0.15) is 0 Å². The predicted molar refractivity (Wildman–Crippen MR) is 106 cm³/mol. The number of benzene rings is 2. The van der Waals surface area contributed by atoms with E-state index < -0.39 is 24.0 Å². The first-order valence-electron chi connectivity index (χ1n) is 9.94. The minimum Gasteiger partial charge on any atom is -0.379 e. The van der Waals surface area contributed by atoms with Gasteiger partial charge in [-0.1, -0.05) is 30.3 Å². The van der Waals surface area contributed by atoms with Crippen LogP contribution in [0.5, 0.6) is 0 Å². The first kappa shape index (κ1) is 20.8. The van der Waals surface area contributed by atoms with Gasteiger partial charge >= 0.3 is 6.18 Å². The molecule has 8 heteroatoms. The van der Waals surface area contributed by atoms with Crippen molar-refractivity contribution in [3.63, 3.8) is 0 Å². The Kier molecular flexibility index (Phi) is 5.81. The maximum atomic E-state index is 14.1. The van der Waals surface area contributed by atoms with Crippen molar-refractivity contribution in [2.24, 2.45) is 5.73 Å². The molecule has 2 aromatic carbocycles. The van der Waals surface area contributed by atoms with Crippen LogP contribution in [0.15, 0.2) is 42.5 Å². The third-order valence-corrected chi connectivity index (χ3v) is 5.81. The molecule has 0 saturated carbocycles. The van der Waals surface area contributed by atoms with E-state index in [1.807, 2.05) is 0 Å². The van der Waals surface area contributed by atoms with Crippen molar-refractivity contribution in [3.05, 3.63) is 70.3 Å². The maximum Gasteiger partial charge on any atom is 0.397 e. The van der Waals surface area contributed by atoms with Gasteiger partial charge in [-0.2, -0.15) is 13.2 Å². The van der Waals surface area contributed by atoms with Gasteiger partial charge in [0.2, 0.25) is 5.91 Å². The summed E-state index contributed by atoms with van der Waals surface area (Å²) in [7, 11) is 0. The van der Waals surface area contributed by atoms with Gasteiger partial charge in [0, 0.05) is 37.8 Å². The fourth-order valence-electron chi connectivity index (χ4n) is 4.26. The number of nitrogens with zero attached hydrogens (tertiary/aromatic N) is 1. The second-order valence-electron chi connectivity index (χ2n) is 7.79. The van der Waals surface area contributed by atoms with Crippen LogP contribution in [0, 0.1) is 0 Å². The van der Waals surface area contributed by atoms with Crippen molar-refractivity contribution in [1.29, 1.82) is 0 Å². The van der Waals surface area contributed by atoms with Gasteiger partial charge in [-0.15, -0.1) is 0 Å². The van der Waals surface area contributed by atoms with E-state index in [4.69, 9.17) is 10.5 Å². The number of ether oxygens (including phenoxy) is 1. The third-order valence-electron chi connectivity index (χ3n) is 5.81. The number of hydrogen-bond acceptors (Lipinski definition) is 4. The molecule has 30 heavy (non-hydrogen) atoms. The van der Waals surface area contributed by atoms with Crippen LogP contribution < -0.4 is 11.1 Å². The van der Waals surface area contributed by atoms with E-state index in [0.717, 1.165) is 18.7 Å². The van der Waals surface area contributed by atoms with Crippen LogP contribution in [0.3, 0.4) is 0 Å². The maximum absolute atomic E-state index is 14.1. The molecular formula is C22H24F3N3O2. The number of fused-ring (bicyclic) bond motifs is 1. The summed E-state index contributed by atoms with van der Waals surface area (Å²) in [6.07, 6.45) is -4.42. The Balaban J connectivity index is 1.58. The molecule has 2 aliphatic rings. The molecule has 2 aliphatic heterocycles. The summed E-state index contributed by atoms with van der Waals surface area (Å²) >= 11 is 0. The van der Waals surface area contributed by atoms with Crippen LogP contribution in [0.2, 0.25) is 0 Å². The molecule has 160 valence electrons. The number of halogens is 3. The topological polar surface area (TPSA) is 67.6 Å². The SMILES string of the molecule is NC(=O)c1ccc2c(c1)CNC2[C@@H](c1ccc(CN2CCOCC2)cc1)C(F)(F)F. The Morgan fingerprint density at radius 2 is 1.87 bits per heavy atom. The average molecular weight is 419 g/mol. The Morgan fingerprint density at radius 1 is 1.17 bits per heavy atom. The van der Waals surface area contributed by atoms with Gasteiger partial charge in [-0.05, 0) is 34.4 Å². The molecule has 2 heterocycles. The zero-order chi connectivity index (χ0) is 21.3. The molecular weight excluding hydrogens is 395 g/mol. The van der Waals surface area contributed by atoms with Crippen LogP contribution >= 0.6 is 0 Å². The van der Waals surface area contributed by atoms with Crippen molar-refractivity contribution in [2.75, 3.05) is 26.3 Å². The second-order valence-corrected chi connectivity index (χ2v) is 7.79. The van der Waals surface area contributed by atoms with E-state index in [2.05, 4.69) is 10.2 Å². The van der Waals surface area contributed by atoms with Crippen LogP contribution in [-0.2, 0) is 17.8 Å². The quantitative estimate of drug-likeness (QED) is 0.782. The Labute approximate surface area is 173 Å². The lowest BCUT2D eigenvalue weighted by atomic mass is 9.86. The highest BCUT2D eigenvalue weighted by Crippen LogP contribution is 2.46. The molecule has 3 N–H and O–H groups in total. The smallest absolute Gasteiger partial charge is 0.379 e. The van der Waals surface area contributed by atoms with E-state index in [1.54, 1.807) is 36.4 Å². The van der Waals surface area contributed by atoms with E-state index in [-0.39, 0.29) is 12.1 Å². The number of hydrogen-bond donors (Lipinski definition) is 2. The summed E-state index contributed by atoms with van der Waals surface area (Å²) < 4.78 is 47.6. The molecule has 1 unspecified atom stereocenters. The van der Waals surface area contributed by atoms with Gasteiger partial charge in [0.05, 0.1) is 19.1 Å². The minimum absolute atomic E-state index is 0.220. The normalized spacial score (nSPS) is 20.7. The molecule has 1 amide bonds. The summed E-state index contributed by atoms with van der Waals surface area (Å²) in [5.74, 6) is -2.28. The average Bonchev–Trinajstić information content (AvgIpc) is 3.12. The fraction of sp³-hybridized carbons (Fsp3) is 0.409. The monoisotopic (exact) mass is 419 g/mol. The predicted octanol–water partition coefficient (Wildman–Crippen LogP) is 3.11. The second kappa shape index (κ2) is 8.37. The number of nitrogens with one attached hydrogen (secondary N) is 1. The molecule has 0 aromatic heterocycles. The minimum atomic E-state index is -4.42. The molecule has 5 nitrogen and oxygen atoms in total. The van der Waals surface area contributed by atoms with E-state index in [9.17, 15) is 18.0 Å². The molecule has 4 rings (SSSR count). The lowest BCUT2D eigenvalue weighted by Gasteiger charge is -2.28. The van der Waals surface area contributed by atoms with Gasteiger partial charge in [-0.25, -0.2) is 0 Å². The summed E-state index contributed by atoms with van der Waals surface area (Å²) in [6.45, 7) is 3.96. The zero-order valence-corrected chi connectivity index (χ0v) is 16.4. The zero-order valence-electron chi connectivity index (χ0n) is 16.4. The van der Waals surface area contributed by atoms with Crippen LogP contribution in [0.1, 0.15) is 44.6 Å². The first-order valence-corrected chi connectivity index (χ1v) is 9.94. The lowest BCUT2D eigenvalue weighted by Crippen LogP contribution is -2.35. The molecule has 0 spiro atoms. The van der Waals surface area contributed by atoms with Crippen LogP contribution in [-0.4, -0.2) is 43.3 Å². The van der Waals surface area contributed by atoms with Crippen LogP contribution in [0.25, 0.3) is 0 Å². The number of amides is 1. The highest BCUT2D eigenvalue weighted by atomic mass is 19.4. The van der Waals surface area contributed by atoms with E-state index >= 15 is 0 Å². The summed E-state index contributed by atoms with van der Waals surface area (Å²) in [4.78, 5) is 13.6. The Morgan fingerprint density at radius 3 is 2.50 bits per heavy atom. The van der Waals surface area contributed by atoms with Gasteiger partial charge in [0.25, 0.3) is 0 Å². The Hall–Kier alpha value is -2.42. The van der Waals surface area contributed by atoms with Gasteiger partial charge in [0.15, 0.2) is 0 Å². The number of alkyl halides is 3. The highest BCUT2D eigenvalue weighted by molar-refractivity contribution is 5.93. The van der Waals surface area contributed by atoms with E-state index in [1.165, 1.54) is 6.07 Å². The van der Waals surface area contributed by atoms with Gasteiger partial charge < -0.3 is 15.8 Å². The van der Waals surface area contributed by atoms with Crippen molar-refractivity contribution in [3.8, 4) is 0 Å². The van der Waals surface area contributed by atoms with Crippen molar-refractivity contribution >= 4 is 5.91 Å². The van der Waals surface area contributed by atoms with Crippen molar-refractivity contribution < 1.29 is 22.7 Å². The third kappa shape index (κ3) is 4.35. The number of carbonyl (C=O) groups excluding carboxylic acids is 1. The Bertz CT molecular complexity index is 909. The molecule has 2 aromatic rings. The molecule has 1 saturated heterocycles. The van der Waals surface area contributed by atoms with Crippen molar-refractivity contribution in [1.82, 2.24) is 10.2 Å². The first-order chi connectivity index (χ1) is 14.3.